The Bertz CT molecular complexity index is 2690. The van der Waals surface area contributed by atoms with Crippen LogP contribution in [0.2, 0.25) is 0 Å². The molecule has 1 aliphatic heterocycles. The maximum atomic E-state index is 15.1. The van der Waals surface area contributed by atoms with Crippen LogP contribution >= 0.6 is 0 Å². The SMILES string of the molecule is CC(C)C[C@H]1C(=O)O[C@H](Cc2ccc(Cn3cc(CCO)cn3)cc2)C(=O)N(C)[C@@H](CC(C)C)C(=O)O[C@H](C)C(=O)N(C)[C@@H](CC(C)C)C(=O)O[C@H](Cc2ccc(Cn3cc(CCO)cn3)cc2)C(=O)N(C)[C@@H](CC(C)C)C(=O)O[C@H](C)C(=O)N1C. The Morgan fingerprint density at radius 3 is 0.953 bits per heavy atom. The number of ether oxygens (including phenoxy) is 4. The lowest BCUT2D eigenvalue weighted by Gasteiger charge is -2.35. The van der Waals surface area contributed by atoms with Gasteiger partial charge in [-0.15, -0.1) is 0 Å². The Morgan fingerprint density at radius 1 is 0.407 bits per heavy atom. The molecule has 2 aromatic heterocycles. The normalized spacial score (nSPS) is 22.5. The molecule has 0 spiro atoms. The lowest BCUT2D eigenvalue weighted by molar-refractivity contribution is -0.176. The van der Waals surface area contributed by atoms with E-state index in [0.29, 0.717) is 37.1 Å². The van der Waals surface area contributed by atoms with E-state index in [9.17, 15) is 39.0 Å². The van der Waals surface area contributed by atoms with Crippen molar-refractivity contribution < 1.29 is 67.5 Å². The molecular weight excluding hydrogens is 1100 g/mol. The van der Waals surface area contributed by atoms with Crippen molar-refractivity contribution in [1.29, 1.82) is 0 Å². The number of esters is 4. The zero-order valence-corrected chi connectivity index (χ0v) is 52.7. The number of aliphatic hydroxyl groups is 2. The molecule has 2 N–H and O–H groups in total. The van der Waals surface area contributed by atoms with E-state index in [-0.39, 0.29) is 75.4 Å². The summed E-state index contributed by atoms with van der Waals surface area (Å²) in [6.07, 6.45) is 1.76. The number of likely N-dealkylation sites (N-methyl/N-ethyl adjacent to an activating group) is 4. The van der Waals surface area contributed by atoms with Crippen molar-refractivity contribution in [2.75, 3.05) is 41.4 Å². The van der Waals surface area contributed by atoms with Crippen LogP contribution in [-0.4, -0.2) is 187 Å². The van der Waals surface area contributed by atoms with Gasteiger partial charge in [0.1, 0.15) is 24.2 Å². The number of cyclic esters (lactones) is 4. The summed E-state index contributed by atoms with van der Waals surface area (Å²) in [7, 11) is 5.52. The van der Waals surface area contributed by atoms with Crippen LogP contribution in [0.5, 0.6) is 0 Å². The number of amides is 4. The van der Waals surface area contributed by atoms with Crippen molar-refractivity contribution in [3.8, 4) is 0 Å². The van der Waals surface area contributed by atoms with Gasteiger partial charge in [-0.25, -0.2) is 19.2 Å². The molecular formula is C64H92N8O14. The lowest BCUT2D eigenvalue weighted by Crippen LogP contribution is -2.55. The van der Waals surface area contributed by atoms with Crippen molar-refractivity contribution in [2.45, 2.75) is 182 Å². The largest absolute Gasteiger partial charge is 0.451 e. The third-order valence-electron chi connectivity index (χ3n) is 15.2. The third-order valence-corrected chi connectivity index (χ3v) is 15.2. The van der Waals surface area contributed by atoms with Crippen LogP contribution < -0.4 is 0 Å². The fraction of sp³-hybridized carbons (Fsp3) is 0.594. The predicted molar refractivity (Wildman–Crippen MR) is 319 cm³/mol. The van der Waals surface area contributed by atoms with Gasteiger partial charge in [0.2, 0.25) is 0 Å². The quantitative estimate of drug-likeness (QED) is 0.0848. The average Bonchev–Trinajstić information content (AvgIpc) is 3.59. The van der Waals surface area contributed by atoms with Gasteiger partial charge in [0.05, 0.1) is 25.5 Å². The van der Waals surface area contributed by atoms with Gasteiger partial charge in [-0.3, -0.25) is 28.5 Å². The second kappa shape index (κ2) is 32.3. The van der Waals surface area contributed by atoms with Crippen molar-refractivity contribution in [3.63, 3.8) is 0 Å². The molecule has 472 valence electrons. The molecule has 1 aliphatic rings. The standard InChI is InChI=1S/C64H92N8O14/c1-39(2)27-51-61(79)83-43(9)57(75)67(11)54(30-42(7)8)64(82)86-56(32-46-17-21-48(22-18-46)36-72-38-50(24-26-74)34-66-72)60(78)70(14)52(28-40(3)4)62(80)84-44(10)58(76)68(12)53(29-41(5)6)63(81)85-55(59(77)69(51)13)31-45-15-19-47(20-16-45)35-71-37-49(23-25-73)33-65-71/h15-22,33-34,37-44,51-56,73-74H,23-32,35-36H2,1-14H3/t43-,44-,51+,52+,53+,54+,55-,56-/m1/s1. The zero-order valence-electron chi connectivity index (χ0n) is 52.7. The first-order valence-electron chi connectivity index (χ1n) is 29.9. The summed E-state index contributed by atoms with van der Waals surface area (Å²) >= 11 is 0. The van der Waals surface area contributed by atoms with E-state index in [4.69, 9.17) is 18.9 Å². The Labute approximate surface area is 506 Å². The van der Waals surface area contributed by atoms with Crippen molar-refractivity contribution in [1.82, 2.24) is 39.2 Å². The number of carbonyl (C=O) groups excluding carboxylic acids is 8. The van der Waals surface area contributed by atoms with Gasteiger partial charge in [-0.1, -0.05) is 104 Å². The molecule has 22 heteroatoms. The third kappa shape index (κ3) is 19.8. The molecule has 8 atom stereocenters. The van der Waals surface area contributed by atoms with Gasteiger partial charge in [-0.05, 0) is 109 Å². The summed E-state index contributed by atoms with van der Waals surface area (Å²) < 4.78 is 27.7. The number of aromatic nitrogens is 4. The van der Waals surface area contributed by atoms with E-state index in [1.54, 1.807) is 46.0 Å². The molecule has 0 saturated carbocycles. The van der Waals surface area contributed by atoms with Crippen molar-refractivity contribution in [3.05, 3.63) is 107 Å². The van der Waals surface area contributed by atoms with E-state index in [1.807, 2.05) is 92.0 Å². The first-order chi connectivity index (χ1) is 40.6. The minimum absolute atomic E-state index is 0.0148. The van der Waals surface area contributed by atoms with Crippen LogP contribution in [0.25, 0.3) is 0 Å². The summed E-state index contributed by atoms with van der Waals surface area (Å²) in [4.78, 5) is 122. The highest BCUT2D eigenvalue weighted by Gasteiger charge is 2.43. The molecule has 22 nitrogen and oxygen atoms in total. The molecule has 2 aromatic carbocycles. The molecule has 0 radical (unpaired) electrons. The van der Waals surface area contributed by atoms with Crippen LogP contribution in [-0.2, 0) is 96.1 Å². The molecule has 1 saturated heterocycles. The molecule has 4 amide bonds. The van der Waals surface area contributed by atoms with Gasteiger partial charge in [0.15, 0.2) is 24.4 Å². The number of benzene rings is 2. The molecule has 0 aliphatic carbocycles. The predicted octanol–water partition coefficient (Wildman–Crippen LogP) is 5.22. The van der Waals surface area contributed by atoms with Crippen molar-refractivity contribution in [2.24, 2.45) is 23.7 Å². The minimum Gasteiger partial charge on any atom is -0.451 e. The number of hydrogen-bond donors (Lipinski definition) is 2. The maximum Gasteiger partial charge on any atom is 0.329 e. The highest BCUT2D eigenvalue weighted by molar-refractivity contribution is 5.94. The summed E-state index contributed by atoms with van der Waals surface area (Å²) in [6.45, 7) is 18.2. The van der Waals surface area contributed by atoms with Gasteiger partial charge >= 0.3 is 23.9 Å². The van der Waals surface area contributed by atoms with Crippen LogP contribution in [0.4, 0.5) is 0 Å². The maximum absolute atomic E-state index is 15.1. The van der Waals surface area contributed by atoms with E-state index in [0.717, 1.165) is 41.9 Å². The van der Waals surface area contributed by atoms with Crippen molar-refractivity contribution >= 4 is 47.5 Å². The van der Waals surface area contributed by atoms with E-state index in [1.165, 1.54) is 42.0 Å². The zero-order chi connectivity index (χ0) is 63.7. The Morgan fingerprint density at radius 2 is 0.674 bits per heavy atom. The monoisotopic (exact) mass is 1200 g/mol. The first kappa shape index (κ1) is 69.3. The summed E-state index contributed by atoms with van der Waals surface area (Å²) in [5, 5.41) is 27.5. The average molecular weight is 1200 g/mol. The molecule has 0 bridgehead atoms. The number of hydrogen-bond acceptors (Lipinski definition) is 16. The van der Waals surface area contributed by atoms with Gasteiger partial charge in [0, 0.05) is 66.6 Å². The van der Waals surface area contributed by atoms with Crippen LogP contribution in [0.1, 0.15) is 128 Å². The Balaban J connectivity index is 1.57. The second-order valence-corrected chi connectivity index (χ2v) is 24.5. The molecule has 1 fully saturated rings. The van der Waals surface area contributed by atoms with E-state index >= 15 is 9.59 Å². The van der Waals surface area contributed by atoms with Crippen LogP contribution in [0.15, 0.2) is 73.3 Å². The number of nitrogens with zero attached hydrogens (tertiary/aromatic N) is 8. The smallest absolute Gasteiger partial charge is 0.329 e. The summed E-state index contributed by atoms with van der Waals surface area (Å²) in [6, 6.07) is 9.25. The molecule has 0 unspecified atom stereocenters. The van der Waals surface area contributed by atoms with Crippen LogP contribution in [0.3, 0.4) is 0 Å². The lowest BCUT2D eigenvalue weighted by atomic mass is 9.99. The molecule has 86 heavy (non-hydrogen) atoms. The first-order valence-corrected chi connectivity index (χ1v) is 29.9. The highest BCUT2D eigenvalue weighted by atomic mass is 16.6. The summed E-state index contributed by atoms with van der Waals surface area (Å²) in [5.74, 6) is -7.66. The molecule has 3 heterocycles. The fourth-order valence-corrected chi connectivity index (χ4v) is 10.3. The topological polar surface area (TPSA) is 263 Å². The Hall–Kier alpha value is -7.46. The van der Waals surface area contributed by atoms with Gasteiger partial charge < -0.3 is 48.8 Å². The fourth-order valence-electron chi connectivity index (χ4n) is 10.3. The molecule has 4 aromatic rings. The van der Waals surface area contributed by atoms with Crippen LogP contribution in [0, 0.1) is 23.7 Å². The number of carbonyl (C=O) groups is 8. The van der Waals surface area contributed by atoms with E-state index < -0.39 is 96.1 Å². The highest BCUT2D eigenvalue weighted by Crippen LogP contribution is 2.25. The Kier molecular flexibility index (Phi) is 26.1. The number of rotatable bonds is 20. The summed E-state index contributed by atoms with van der Waals surface area (Å²) in [5.41, 5.74) is 4.65. The van der Waals surface area contributed by atoms with E-state index in [2.05, 4.69) is 10.2 Å². The second-order valence-electron chi connectivity index (χ2n) is 24.5. The molecule has 5 rings (SSSR count). The minimum atomic E-state index is -1.56. The van der Waals surface area contributed by atoms with Gasteiger partial charge in [-0.2, -0.15) is 10.2 Å². The van der Waals surface area contributed by atoms with Gasteiger partial charge in [0.25, 0.3) is 23.6 Å². The number of aliphatic hydroxyl groups excluding tert-OH is 2.